The zero-order valence-corrected chi connectivity index (χ0v) is 11.8. The van der Waals surface area contributed by atoms with Crippen LogP contribution in [-0.2, 0) is 6.42 Å². The summed E-state index contributed by atoms with van der Waals surface area (Å²) in [6.07, 6.45) is 2.89. The van der Waals surface area contributed by atoms with Gasteiger partial charge in [0.15, 0.2) is 0 Å². The van der Waals surface area contributed by atoms with Crippen molar-refractivity contribution in [2.24, 2.45) is 0 Å². The molecule has 0 saturated heterocycles. The third-order valence-corrected chi connectivity index (χ3v) is 4.20. The molecule has 100 valence electrons. The normalized spacial score (nSPS) is 11.2. The number of fused-ring (bicyclic) bond motifs is 5. The van der Waals surface area contributed by atoms with Crippen LogP contribution in [0.3, 0.4) is 0 Å². The van der Waals surface area contributed by atoms with Crippen molar-refractivity contribution in [1.82, 2.24) is 0 Å². The van der Waals surface area contributed by atoms with Crippen molar-refractivity contribution in [3.05, 3.63) is 84.9 Å². The molecule has 0 amide bonds. The monoisotopic (exact) mass is 268 g/mol. The first-order valence-corrected chi connectivity index (χ1v) is 7.31. The molecule has 0 unspecified atom stereocenters. The predicted molar refractivity (Wildman–Crippen MR) is 92.9 cm³/mol. The second kappa shape index (κ2) is 4.75. The van der Waals surface area contributed by atoms with Crippen molar-refractivity contribution in [3.8, 4) is 0 Å². The van der Waals surface area contributed by atoms with Gasteiger partial charge in [0.25, 0.3) is 0 Å². The largest absolute Gasteiger partial charge is 0.103 e. The zero-order chi connectivity index (χ0) is 14.2. The van der Waals surface area contributed by atoms with Gasteiger partial charge in [-0.3, -0.25) is 0 Å². The van der Waals surface area contributed by atoms with Crippen molar-refractivity contribution in [1.29, 1.82) is 0 Å². The molecular weight excluding hydrogens is 252 g/mol. The first-order valence-electron chi connectivity index (χ1n) is 7.31. The molecule has 4 aromatic rings. The summed E-state index contributed by atoms with van der Waals surface area (Å²) < 4.78 is 0. The Labute approximate surface area is 124 Å². The highest BCUT2D eigenvalue weighted by Crippen LogP contribution is 2.34. The lowest BCUT2D eigenvalue weighted by Crippen LogP contribution is -1.88. The van der Waals surface area contributed by atoms with Gasteiger partial charge in [0.1, 0.15) is 0 Å². The van der Waals surface area contributed by atoms with E-state index in [2.05, 4.69) is 73.3 Å². The Hall–Kier alpha value is -2.60. The summed E-state index contributed by atoms with van der Waals surface area (Å²) in [6.45, 7) is 3.92. The summed E-state index contributed by atoms with van der Waals surface area (Å²) >= 11 is 0. The van der Waals surface area contributed by atoms with Gasteiger partial charge in [-0.1, -0.05) is 72.8 Å². The van der Waals surface area contributed by atoms with Crippen molar-refractivity contribution in [3.63, 3.8) is 0 Å². The van der Waals surface area contributed by atoms with E-state index in [0.29, 0.717) is 0 Å². The van der Waals surface area contributed by atoms with E-state index >= 15 is 0 Å². The lowest BCUT2D eigenvalue weighted by molar-refractivity contribution is 1.32. The minimum Gasteiger partial charge on any atom is -0.103 e. The van der Waals surface area contributed by atoms with Crippen LogP contribution in [0.2, 0.25) is 0 Å². The molecule has 0 spiro atoms. The topological polar surface area (TPSA) is 0 Å². The van der Waals surface area contributed by atoms with E-state index in [-0.39, 0.29) is 0 Å². The molecule has 4 aromatic carbocycles. The molecule has 0 aliphatic rings. The molecule has 0 bridgehead atoms. The quantitative estimate of drug-likeness (QED) is 0.315. The summed E-state index contributed by atoms with van der Waals surface area (Å²) in [6, 6.07) is 24.0. The molecule has 0 heteroatoms. The lowest BCUT2D eigenvalue weighted by Gasteiger charge is -2.12. The maximum Gasteiger partial charge on any atom is -0.00637 e. The fraction of sp³-hybridized carbons (Fsp3) is 0.0476. The van der Waals surface area contributed by atoms with Crippen LogP contribution in [0.15, 0.2) is 79.4 Å². The predicted octanol–water partition coefficient (Wildman–Crippen LogP) is 5.87. The van der Waals surface area contributed by atoms with E-state index in [1.54, 1.807) is 0 Å². The summed E-state index contributed by atoms with van der Waals surface area (Å²) in [5.74, 6) is 0. The second-order valence-corrected chi connectivity index (χ2v) is 5.46. The first-order chi connectivity index (χ1) is 10.4. The Morgan fingerprint density at radius 2 is 1.43 bits per heavy atom. The van der Waals surface area contributed by atoms with E-state index in [9.17, 15) is 0 Å². The number of hydrogen-bond donors (Lipinski definition) is 0. The maximum atomic E-state index is 3.92. The van der Waals surface area contributed by atoms with Crippen LogP contribution < -0.4 is 0 Å². The van der Waals surface area contributed by atoms with Crippen LogP contribution in [0.5, 0.6) is 0 Å². The minimum atomic E-state index is 0.898. The number of benzene rings is 4. The molecule has 0 aliphatic heterocycles. The first kappa shape index (κ1) is 12.2. The Morgan fingerprint density at radius 3 is 2.24 bits per heavy atom. The van der Waals surface area contributed by atoms with Crippen LogP contribution in [0, 0.1) is 0 Å². The highest BCUT2D eigenvalue weighted by Gasteiger charge is 2.08. The van der Waals surface area contributed by atoms with E-state index in [4.69, 9.17) is 0 Å². The molecule has 4 rings (SSSR count). The van der Waals surface area contributed by atoms with E-state index in [1.807, 2.05) is 6.08 Å². The van der Waals surface area contributed by atoms with E-state index in [0.717, 1.165) is 6.42 Å². The number of allylic oxidation sites excluding steroid dienone is 1. The Bertz CT molecular complexity index is 977. The SMILES string of the molecule is C=CCc1cc2ccccc2c2ccc3ccccc3c12. The van der Waals surface area contributed by atoms with Crippen LogP contribution in [0.4, 0.5) is 0 Å². The third-order valence-electron chi connectivity index (χ3n) is 4.20. The van der Waals surface area contributed by atoms with E-state index in [1.165, 1.54) is 37.9 Å². The zero-order valence-electron chi connectivity index (χ0n) is 11.8. The van der Waals surface area contributed by atoms with Gasteiger partial charge >= 0.3 is 0 Å². The summed E-state index contributed by atoms with van der Waals surface area (Å²) in [7, 11) is 0. The Kier molecular flexibility index (Phi) is 2.75. The van der Waals surface area contributed by atoms with Gasteiger partial charge in [0.2, 0.25) is 0 Å². The molecular formula is C21H16. The summed E-state index contributed by atoms with van der Waals surface area (Å²) in [5, 5.41) is 7.96. The highest BCUT2D eigenvalue weighted by molar-refractivity contribution is 6.18. The molecule has 0 saturated carbocycles. The fourth-order valence-corrected chi connectivity index (χ4v) is 3.29. The standard InChI is InChI=1S/C21H16/c1-2-7-17-14-16-9-4-5-10-18(16)20-13-12-15-8-3-6-11-19(15)21(17)20/h2-6,8-14H,1,7H2. The highest BCUT2D eigenvalue weighted by atomic mass is 14.1. The lowest BCUT2D eigenvalue weighted by atomic mass is 9.92. The number of rotatable bonds is 2. The maximum absolute atomic E-state index is 3.92. The van der Waals surface area contributed by atoms with Crippen LogP contribution in [0.1, 0.15) is 5.56 Å². The summed E-state index contributed by atoms with van der Waals surface area (Å²) in [4.78, 5) is 0. The Morgan fingerprint density at radius 1 is 0.714 bits per heavy atom. The van der Waals surface area contributed by atoms with Crippen LogP contribution in [-0.4, -0.2) is 0 Å². The molecule has 0 radical (unpaired) electrons. The molecule has 0 fully saturated rings. The van der Waals surface area contributed by atoms with Gasteiger partial charge in [-0.15, -0.1) is 6.58 Å². The van der Waals surface area contributed by atoms with Gasteiger partial charge in [-0.2, -0.15) is 0 Å². The van der Waals surface area contributed by atoms with Crippen molar-refractivity contribution in [2.75, 3.05) is 0 Å². The minimum absolute atomic E-state index is 0.898. The molecule has 0 nitrogen and oxygen atoms in total. The number of hydrogen-bond acceptors (Lipinski definition) is 0. The van der Waals surface area contributed by atoms with Gasteiger partial charge in [0, 0.05) is 0 Å². The average molecular weight is 268 g/mol. The molecule has 0 aromatic heterocycles. The molecule has 0 atom stereocenters. The van der Waals surface area contributed by atoms with Crippen molar-refractivity contribution in [2.45, 2.75) is 6.42 Å². The molecule has 21 heavy (non-hydrogen) atoms. The van der Waals surface area contributed by atoms with Crippen LogP contribution >= 0.6 is 0 Å². The van der Waals surface area contributed by atoms with Gasteiger partial charge < -0.3 is 0 Å². The van der Waals surface area contributed by atoms with Crippen molar-refractivity contribution < 1.29 is 0 Å². The van der Waals surface area contributed by atoms with E-state index < -0.39 is 0 Å². The molecule has 0 heterocycles. The van der Waals surface area contributed by atoms with Gasteiger partial charge in [-0.05, 0) is 44.3 Å². The second-order valence-electron chi connectivity index (χ2n) is 5.46. The fourth-order valence-electron chi connectivity index (χ4n) is 3.29. The van der Waals surface area contributed by atoms with Crippen molar-refractivity contribution >= 4 is 32.3 Å². The molecule has 0 aliphatic carbocycles. The summed E-state index contributed by atoms with van der Waals surface area (Å²) in [5.41, 5.74) is 1.36. The average Bonchev–Trinajstić information content (AvgIpc) is 2.54. The third kappa shape index (κ3) is 1.84. The van der Waals surface area contributed by atoms with Crippen LogP contribution in [0.25, 0.3) is 32.3 Å². The molecule has 0 N–H and O–H groups in total. The van der Waals surface area contributed by atoms with Gasteiger partial charge in [-0.25, -0.2) is 0 Å². The Balaban J connectivity index is 2.29. The van der Waals surface area contributed by atoms with Gasteiger partial charge in [0.05, 0.1) is 0 Å². The smallest absolute Gasteiger partial charge is 0.00637 e.